The maximum Gasteiger partial charge on any atom is 0.0702 e. The fourth-order valence-electron chi connectivity index (χ4n) is 8.35. The molecule has 3 heteroatoms. The summed E-state index contributed by atoms with van der Waals surface area (Å²) in [5.41, 5.74) is 15.1. The number of hydrogen-bond acceptors (Lipinski definition) is 3. The second-order valence-corrected chi connectivity index (χ2v) is 15.8. The lowest BCUT2D eigenvalue weighted by Crippen LogP contribution is -1.92. The van der Waals surface area contributed by atoms with Crippen LogP contribution in [0.15, 0.2) is 213 Å². The molecule has 0 aliphatic carbocycles. The van der Waals surface area contributed by atoms with Gasteiger partial charge in [0.15, 0.2) is 0 Å². The van der Waals surface area contributed by atoms with Crippen LogP contribution in [0.3, 0.4) is 0 Å². The van der Waals surface area contributed by atoms with Gasteiger partial charge in [0.1, 0.15) is 0 Å². The Morgan fingerprint density at radius 1 is 0.540 bits per heavy atom. The van der Waals surface area contributed by atoms with Crippen molar-refractivity contribution in [2.75, 3.05) is 0 Å². The summed E-state index contributed by atoms with van der Waals surface area (Å²) in [7, 11) is 0. The second-order valence-electron chi connectivity index (χ2n) is 15.8. The van der Waals surface area contributed by atoms with Gasteiger partial charge < -0.3 is 0 Å². The summed E-state index contributed by atoms with van der Waals surface area (Å²) in [6.45, 7) is 18.1. The Labute approximate surface area is 369 Å². The molecule has 0 fully saturated rings. The fourth-order valence-corrected chi connectivity index (χ4v) is 8.35. The van der Waals surface area contributed by atoms with Crippen LogP contribution >= 0.6 is 0 Å². The fraction of sp³-hybridized carbons (Fsp3) is 0.0500. The van der Waals surface area contributed by atoms with E-state index >= 15 is 0 Å². The minimum atomic E-state index is 0.873. The van der Waals surface area contributed by atoms with Gasteiger partial charge in [-0.25, -0.2) is 0 Å². The second kappa shape index (κ2) is 17.5. The third-order valence-corrected chi connectivity index (χ3v) is 11.9. The number of pyridine rings is 3. The van der Waals surface area contributed by atoms with Crippen LogP contribution in [-0.2, 0) is 0 Å². The lowest BCUT2D eigenvalue weighted by atomic mass is 9.87. The van der Waals surface area contributed by atoms with Crippen molar-refractivity contribution in [1.29, 1.82) is 0 Å². The van der Waals surface area contributed by atoms with Gasteiger partial charge in [0, 0.05) is 46.1 Å². The molecule has 0 N–H and O–H groups in total. The highest BCUT2D eigenvalue weighted by Gasteiger charge is 2.16. The Morgan fingerprint density at radius 2 is 1.16 bits per heavy atom. The quantitative estimate of drug-likeness (QED) is 0.108. The molecule has 7 aromatic carbocycles. The monoisotopic (exact) mass is 809 g/mol. The normalized spacial score (nSPS) is 11.9. The predicted molar refractivity (Wildman–Crippen MR) is 273 cm³/mol. The van der Waals surface area contributed by atoms with E-state index in [2.05, 4.69) is 164 Å². The van der Waals surface area contributed by atoms with E-state index in [9.17, 15) is 0 Å². The average Bonchev–Trinajstić information content (AvgIpc) is 3.34. The van der Waals surface area contributed by atoms with E-state index in [0.717, 1.165) is 55.3 Å². The minimum absolute atomic E-state index is 0.873. The van der Waals surface area contributed by atoms with Crippen molar-refractivity contribution in [2.24, 2.45) is 0 Å². The summed E-state index contributed by atoms with van der Waals surface area (Å²) in [6.07, 6.45) is 17.5. The predicted octanol–water partition coefficient (Wildman–Crippen LogP) is 16.5. The molecular formula is C60H47N3. The Balaban J connectivity index is 0.000000205. The van der Waals surface area contributed by atoms with Crippen molar-refractivity contribution >= 4 is 71.8 Å². The van der Waals surface area contributed by atoms with Crippen LogP contribution in [0.1, 0.15) is 37.6 Å². The van der Waals surface area contributed by atoms with Crippen molar-refractivity contribution < 1.29 is 0 Å². The number of rotatable bonds is 9. The van der Waals surface area contributed by atoms with Gasteiger partial charge in [-0.05, 0) is 135 Å². The smallest absolute Gasteiger partial charge is 0.0702 e. The van der Waals surface area contributed by atoms with Crippen LogP contribution < -0.4 is 0 Å². The third-order valence-electron chi connectivity index (χ3n) is 11.9. The molecule has 63 heavy (non-hydrogen) atoms. The molecule has 0 saturated heterocycles. The van der Waals surface area contributed by atoms with Crippen molar-refractivity contribution in [2.45, 2.75) is 20.8 Å². The summed E-state index contributed by atoms with van der Waals surface area (Å²) in [4.78, 5) is 13.7. The Bertz CT molecular complexity index is 3470. The molecule has 302 valence electrons. The van der Waals surface area contributed by atoms with E-state index in [-0.39, 0.29) is 0 Å². The summed E-state index contributed by atoms with van der Waals surface area (Å²) in [5, 5.41) is 10.0. The molecule has 10 aromatic rings. The molecule has 0 aliphatic heterocycles. The molecule has 0 atom stereocenters. The van der Waals surface area contributed by atoms with Crippen LogP contribution in [0.5, 0.6) is 0 Å². The van der Waals surface area contributed by atoms with Crippen LogP contribution in [0, 0.1) is 0 Å². The standard InChI is InChI=1S/C40H24N2.C20H23N/c1-2-6-37-30(4-1)23-32(24-42-37)34-17-12-28-13-18-35-33(16-11-27-14-19-36(34)40(28)39(27)35)26-9-7-25(8-10-26)29-15-20-38-31(22-29)5-3-21-41-38;1-7-10-20-18(9-3)13-19(14-21-20)17(6)16(5)12-11-15(4)8-2/h1-24H;7-14H,3,5-6H2,1-2,4H3/b;10-7-,12-11-,15-8+. The number of benzene rings is 7. The van der Waals surface area contributed by atoms with Gasteiger partial charge in [-0.15, -0.1) is 0 Å². The topological polar surface area (TPSA) is 38.7 Å². The van der Waals surface area contributed by atoms with Gasteiger partial charge in [0.05, 0.1) is 16.7 Å². The highest BCUT2D eigenvalue weighted by Crippen LogP contribution is 2.43. The van der Waals surface area contributed by atoms with Gasteiger partial charge in [0.25, 0.3) is 0 Å². The Hall–Kier alpha value is -8.01. The zero-order valence-electron chi connectivity index (χ0n) is 35.9. The summed E-state index contributed by atoms with van der Waals surface area (Å²) in [5.74, 6) is 0. The van der Waals surface area contributed by atoms with E-state index < -0.39 is 0 Å². The zero-order chi connectivity index (χ0) is 43.5. The number of hydrogen-bond donors (Lipinski definition) is 0. The van der Waals surface area contributed by atoms with Gasteiger partial charge >= 0.3 is 0 Å². The highest BCUT2D eigenvalue weighted by molar-refractivity contribution is 6.27. The first kappa shape index (κ1) is 40.4. The van der Waals surface area contributed by atoms with Gasteiger partial charge in [-0.1, -0.05) is 159 Å². The van der Waals surface area contributed by atoms with Crippen molar-refractivity contribution in [3.8, 4) is 33.4 Å². The molecule has 0 saturated carbocycles. The molecular weight excluding hydrogens is 763 g/mol. The minimum Gasteiger partial charge on any atom is -0.256 e. The first-order valence-electron chi connectivity index (χ1n) is 21.3. The first-order valence-corrected chi connectivity index (χ1v) is 21.3. The summed E-state index contributed by atoms with van der Waals surface area (Å²) >= 11 is 0. The van der Waals surface area contributed by atoms with Crippen molar-refractivity contribution in [3.63, 3.8) is 0 Å². The van der Waals surface area contributed by atoms with Crippen molar-refractivity contribution in [1.82, 2.24) is 15.0 Å². The van der Waals surface area contributed by atoms with E-state index in [4.69, 9.17) is 4.98 Å². The molecule has 0 radical (unpaired) electrons. The summed E-state index contributed by atoms with van der Waals surface area (Å²) in [6, 6.07) is 50.3. The lowest BCUT2D eigenvalue weighted by molar-refractivity contribution is 1.26. The van der Waals surface area contributed by atoms with E-state index in [1.54, 1.807) is 0 Å². The lowest BCUT2D eigenvalue weighted by Gasteiger charge is -2.17. The SMILES string of the molecule is C=Cc1cc(C(=C)C(=C)/C=C\C(C)=C\C)cnc1/C=C\C.c1cnc2ccc(-c3ccc(-c4ccc5ccc6c(-c7cnc8ccccc8c7)ccc7ccc4c5c76)cc3)cc2c1. The van der Waals surface area contributed by atoms with Gasteiger partial charge in [-0.2, -0.15) is 0 Å². The molecule has 0 aliphatic rings. The number of nitrogens with zero attached hydrogens (tertiary/aromatic N) is 3. The molecule has 0 amide bonds. The summed E-state index contributed by atoms with van der Waals surface area (Å²) < 4.78 is 0. The molecule has 0 bridgehead atoms. The van der Waals surface area contributed by atoms with E-state index in [1.807, 2.05) is 81.0 Å². The largest absolute Gasteiger partial charge is 0.256 e. The zero-order valence-corrected chi connectivity index (χ0v) is 35.9. The number of aromatic nitrogens is 3. The molecule has 3 aromatic heterocycles. The maximum absolute atomic E-state index is 4.76. The van der Waals surface area contributed by atoms with Gasteiger partial charge in [-0.3, -0.25) is 15.0 Å². The van der Waals surface area contributed by atoms with E-state index in [0.29, 0.717) is 0 Å². The maximum atomic E-state index is 4.76. The van der Waals surface area contributed by atoms with E-state index in [1.165, 1.54) is 65.7 Å². The van der Waals surface area contributed by atoms with Crippen LogP contribution in [0.4, 0.5) is 0 Å². The number of fused-ring (bicyclic) bond motifs is 2. The van der Waals surface area contributed by atoms with Crippen LogP contribution in [-0.4, -0.2) is 15.0 Å². The van der Waals surface area contributed by atoms with Crippen LogP contribution in [0.25, 0.3) is 105 Å². The number of allylic oxidation sites excluding steroid dienone is 7. The molecule has 0 spiro atoms. The molecule has 0 unspecified atom stereocenters. The Morgan fingerprint density at radius 3 is 1.86 bits per heavy atom. The van der Waals surface area contributed by atoms with Crippen LogP contribution in [0.2, 0.25) is 0 Å². The Kier molecular flexibility index (Phi) is 11.2. The molecule has 10 rings (SSSR count). The average molecular weight is 810 g/mol. The number of para-hydroxylation sites is 1. The van der Waals surface area contributed by atoms with Gasteiger partial charge in [0.2, 0.25) is 0 Å². The first-order chi connectivity index (χ1) is 30.8. The van der Waals surface area contributed by atoms with Crippen molar-refractivity contribution in [3.05, 3.63) is 230 Å². The third kappa shape index (κ3) is 8.01. The highest BCUT2D eigenvalue weighted by atomic mass is 14.7. The molecule has 3 heterocycles. The molecule has 3 nitrogen and oxygen atoms in total.